The number of aliphatic carboxylic acids is 1. The second-order valence-electron chi connectivity index (χ2n) is 6.77. The Morgan fingerprint density at radius 2 is 1.81 bits per heavy atom. The predicted octanol–water partition coefficient (Wildman–Crippen LogP) is 2.36. The van der Waals surface area contributed by atoms with Crippen LogP contribution in [-0.4, -0.2) is 53.9 Å². The highest BCUT2D eigenvalue weighted by Crippen LogP contribution is 2.36. The molecule has 1 N–H and O–H groups in total. The standard InChI is InChI=1S/C15H28BNO4/c1-12(11-13(18)19)17(6)10-8-7-9-16-20-14(2,3)15(4,5)21-16/h7,9,12H,8,10-11H2,1-6H3,(H,18,19)/b9-7+/t12-/m0/s1. The van der Waals surface area contributed by atoms with Crippen LogP contribution in [0.3, 0.4) is 0 Å². The van der Waals surface area contributed by atoms with Crippen LogP contribution in [0.1, 0.15) is 47.5 Å². The molecule has 0 spiro atoms. The monoisotopic (exact) mass is 297 g/mol. The minimum atomic E-state index is -0.762. The molecule has 1 fully saturated rings. The van der Waals surface area contributed by atoms with Crippen molar-refractivity contribution >= 4 is 13.1 Å². The van der Waals surface area contributed by atoms with Crippen LogP contribution in [0.4, 0.5) is 0 Å². The van der Waals surface area contributed by atoms with Gasteiger partial charge in [-0.25, -0.2) is 0 Å². The molecule has 21 heavy (non-hydrogen) atoms. The Morgan fingerprint density at radius 1 is 1.29 bits per heavy atom. The summed E-state index contributed by atoms with van der Waals surface area (Å²) in [7, 11) is 1.63. The largest absolute Gasteiger partial charge is 0.486 e. The average Bonchev–Trinajstić information content (AvgIpc) is 2.52. The van der Waals surface area contributed by atoms with E-state index in [2.05, 4.69) is 0 Å². The molecule has 1 atom stereocenters. The number of carboxylic acids is 1. The highest BCUT2D eigenvalue weighted by molar-refractivity contribution is 6.51. The summed E-state index contributed by atoms with van der Waals surface area (Å²) in [6, 6.07) is 0.0350. The highest BCUT2D eigenvalue weighted by Gasteiger charge is 2.49. The number of hydrogen-bond acceptors (Lipinski definition) is 4. The summed E-state index contributed by atoms with van der Waals surface area (Å²) in [4.78, 5) is 12.7. The van der Waals surface area contributed by atoms with E-state index in [0.29, 0.717) is 0 Å². The van der Waals surface area contributed by atoms with E-state index < -0.39 is 5.97 Å². The van der Waals surface area contributed by atoms with Crippen molar-refractivity contribution in [1.29, 1.82) is 0 Å². The van der Waals surface area contributed by atoms with Gasteiger partial charge in [0.05, 0.1) is 17.6 Å². The number of nitrogens with zero attached hydrogens (tertiary/aromatic N) is 1. The van der Waals surface area contributed by atoms with Crippen molar-refractivity contribution in [2.75, 3.05) is 13.6 Å². The summed E-state index contributed by atoms with van der Waals surface area (Å²) in [6.45, 7) is 10.9. The summed E-state index contributed by atoms with van der Waals surface area (Å²) < 4.78 is 11.7. The van der Waals surface area contributed by atoms with Gasteiger partial charge in [-0.1, -0.05) is 12.1 Å². The first-order chi connectivity index (χ1) is 9.55. The van der Waals surface area contributed by atoms with Crippen LogP contribution in [0.25, 0.3) is 0 Å². The van der Waals surface area contributed by atoms with Crippen LogP contribution < -0.4 is 0 Å². The van der Waals surface area contributed by atoms with Crippen LogP contribution in [0.5, 0.6) is 0 Å². The number of carboxylic acid groups (broad SMARTS) is 1. The Bertz CT molecular complexity index is 379. The quantitative estimate of drug-likeness (QED) is 0.731. The first-order valence-electron chi connectivity index (χ1n) is 7.49. The van der Waals surface area contributed by atoms with E-state index in [0.717, 1.165) is 13.0 Å². The van der Waals surface area contributed by atoms with Crippen molar-refractivity contribution in [2.24, 2.45) is 0 Å². The van der Waals surface area contributed by atoms with Crippen molar-refractivity contribution in [3.63, 3.8) is 0 Å². The number of rotatable bonds is 7. The molecule has 0 aromatic heterocycles. The van der Waals surface area contributed by atoms with Gasteiger partial charge in [0, 0.05) is 12.6 Å². The van der Waals surface area contributed by atoms with Gasteiger partial charge < -0.3 is 19.3 Å². The fraction of sp³-hybridized carbons (Fsp3) is 0.800. The molecule has 0 aliphatic carbocycles. The fourth-order valence-electron chi connectivity index (χ4n) is 2.08. The lowest BCUT2D eigenvalue weighted by molar-refractivity contribution is -0.138. The Morgan fingerprint density at radius 3 is 2.29 bits per heavy atom. The molecule has 6 heteroatoms. The van der Waals surface area contributed by atoms with Gasteiger partial charge in [0.15, 0.2) is 0 Å². The summed E-state index contributed by atoms with van der Waals surface area (Å²) in [6.07, 6.45) is 3.04. The van der Waals surface area contributed by atoms with Gasteiger partial charge in [0.2, 0.25) is 0 Å². The maximum atomic E-state index is 10.7. The van der Waals surface area contributed by atoms with Gasteiger partial charge in [-0.05, 0) is 48.1 Å². The molecule has 1 aliphatic rings. The second kappa shape index (κ2) is 6.94. The zero-order valence-corrected chi connectivity index (χ0v) is 14.0. The summed E-state index contributed by atoms with van der Waals surface area (Å²) in [5.74, 6) is 1.17. The summed E-state index contributed by atoms with van der Waals surface area (Å²) in [5, 5.41) is 8.77. The number of hydrogen-bond donors (Lipinski definition) is 1. The lowest BCUT2D eigenvalue weighted by atomic mass is 9.90. The van der Waals surface area contributed by atoms with E-state index in [9.17, 15) is 4.79 Å². The molecule has 0 radical (unpaired) electrons. The summed E-state index contributed by atoms with van der Waals surface area (Å²) >= 11 is 0. The maximum absolute atomic E-state index is 10.7. The Hall–Kier alpha value is -0.845. The minimum Gasteiger partial charge on any atom is -0.481 e. The molecule has 120 valence electrons. The number of carbonyl (C=O) groups is 1. The van der Waals surface area contributed by atoms with E-state index >= 15 is 0 Å². The first kappa shape index (κ1) is 18.2. The molecule has 1 saturated heterocycles. The molecule has 0 aromatic rings. The smallest absolute Gasteiger partial charge is 0.481 e. The van der Waals surface area contributed by atoms with Crippen LogP contribution in [0.2, 0.25) is 0 Å². The van der Waals surface area contributed by atoms with E-state index in [1.165, 1.54) is 0 Å². The van der Waals surface area contributed by atoms with E-state index in [-0.39, 0.29) is 30.8 Å². The van der Waals surface area contributed by atoms with E-state index in [1.54, 1.807) is 0 Å². The van der Waals surface area contributed by atoms with Crippen molar-refractivity contribution in [3.05, 3.63) is 12.1 Å². The topological polar surface area (TPSA) is 59.0 Å². The molecule has 1 heterocycles. The van der Waals surface area contributed by atoms with E-state index in [1.807, 2.05) is 58.6 Å². The van der Waals surface area contributed by atoms with Gasteiger partial charge in [-0.2, -0.15) is 0 Å². The first-order valence-corrected chi connectivity index (χ1v) is 7.49. The lowest BCUT2D eigenvalue weighted by Crippen LogP contribution is -2.41. The molecule has 0 unspecified atom stereocenters. The average molecular weight is 297 g/mol. The molecule has 1 aliphatic heterocycles. The van der Waals surface area contributed by atoms with Gasteiger partial charge in [-0.15, -0.1) is 0 Å². The van der Waals surface area contributed by atoms with Crippen molar-refractivity contribution in [3.8, 4) is 0 Å². The molecule has 0 saturated carbocycles. The Balaban J connectivity index is 2.35. The normalized spacial score (nSPS) is 22.1. The molecule has 1 rings (SSSR count). The fourth-order valence-corrected chi connectivity index (χ4v) is 2.08. The molecule has 0 bridgehead atoms. The van der Waals surface area contributed by atoms with Crippen LogP contribution in [-0.2, 0) is 14.1 Å². The van der Waals surface area contributed by atoms with Crippen LogP contribution in [0, 0.1) is 0 Å². The molecule has 0 aromatic carbocycles. The zero-order valence-electron chi connectivity index (χ0n) is 14.0. The van der Waals surface area contributed by atoms with Crippen LogP contribution >= 0.6 is 0 Å². The summed E-state index contributed by atoms with van der Waals surface area (Å²) in [5.41, 5.74) is -0.621. The highest BCUT2D eigenvalue weighted by atomic mass is 16.7. The van der Waals surface area contributed by atoms with Gasteiger partial charge in [-0.3, -0.25) is 4.79 Å². The van der Waals surface area contributed by atoms with Gasteiger partial charge in [0.25, 0.3) is 0 Å². The van der Waals surface area contributed by atoms with Crippen molar-refractivity contribution in [1.82, 2.24) is 4.90 Å². The van der Waals surface area contributed by atoms with Crippen molar-refractivity contribution < 1.29 is 19.2 Å². The molecule has 5 nitrogen and oxygen atoms in total. The van der Waals surface area contributed by atoms with Gasteiger partial charge >= 0.3 is 13.1 Å². The molecule has 0 amide bonds. The van der Waals surface area contributed by atoms with Crippen molar-refractivity contribution in [2.45, 2.75) is 64.7 Å². The predicted molar refractivity (Wildman–Crippen MR) is 84.2 cm³/mol. The third-order valence-electron chi connectivity index (χ3n) is 4.44. The lowest BCUT2D eigenvalue weighted by Gasteiger charge is -2.32. The SMILES string of the molecule is C[C@@H](CC(=O)O)N(C)CC/C=C/B1OC(C)(C)C(C)(C)O1. The van der Waals surface area contributed by atoms with Gasteiger partial charge in [0.1, 0.15) is 0 Å². The third-order valence-corrected chi connectivity index (χ3v) is 4.44. The van der Waals surface area contributed by atoms with Crippen LogP contribution in [0.15, 0.2) is 12.1 Å². The second-order valence-corrected chi connectivity index (χ2v) is 6.77. The molecular formula is C15H28BNO4. The maximum Gasteiger partial charge on any atom is 0.486 e. The third kappa shape index (κ3) is 5.13. The van der Waals surface area contributed by atoms with E-state index in [4.69, 9.17) is 14.4 Å². The zero-order chi connectivity index (χ0) is 16.3. The molecular weight excluding hydrogens is 269 g/mol. The Kier molecular flexibility index (Phi) is 6.02. The minimum absolute atomic E-state index is 0.0350. The Labute approximate surface area is 128 Å².